The molecule has 1 aliphatic rings. The van der Waals surface area contributed by atoms with Gasteiger partial charge in [-0.3, -0.25) is 0 Å². The van der Waals surface area contributed by atoms with Crippen LogP contribution in [0.5, 0.6) is 11.5 Å². The molecule has 0 aromatic heterocycles. The number of hydrogen-bond acceptors (Lipinski definition) is 2. The summed E-state index contributed by atoms with van der Waals surface area (Å²) in [6.07, 6.45) is 17.2. The lowest BCUT2D eigenvalue weighted by Gasteiger charge is -2.38. The zero-order valence-electron chi connectivity index (χ0n) is 21.3. The van der Waals surface area contributed by atoms with Crippen LogP contribution in [0.25, 0.3) is 0 Å². The van der Waals surface area contributed by atoms with E-state index in [0.717, 1.165) is 54.0 Å². The minimum Gasteiger partial charge on any atom is -0.507 e. The summed E-state index contributed by atoms with van der Waals surface area (Å²) < 4.78 is 6.58. The molecule has 1 aromatic carbocycles. The molecule has 0 radical (unpaired) electrons. The lowest BCUT2D eigenvalue weighted by Crippen LogP contribution is -2.37. The van der Waals surface area contributed by atoms with Crippen LogP contribution in [0, 0.1) is 38.5 Å². The zero-order chi connectivity index (χ0) is 23.2. The highest BCUT2D eigenvalue weighted by molar-refractivity contribution is 5.58. The number of allylic oxidation sites excluding steroid dienone is 4. The zero-order valence-corrected chi connectivity index (χ0v) is 21.3. The highest BCUT2D eigenvalue weighted by Gasteiger charge is 2.34. The van der Waals surface area contributed by atoms with E-state index >= 15 is 0 Å². The normalized spacial score (nSPS) is 20.9. The second-order valence-corrected chi connectivity index (χ2v) is 10.7. The average Bonchev–Trinajstić information content (AvgIpc) is 2.70. The Morgan fingerprint density at radius 1 is 0.968 bits per heavy atom. The molecule has 1 N–H and O–H groups in total. The molecule has 0 bridgehead atoms. The molecule has 3 atom stereocenters. The second-order valence-electron chi connectivity index (χ2n) is 10.7. The number of hydrogen-bond donors (Lipinski definition) is 1. The molecule has 0 amide bonds. The monoisotopic (exact) mass is 426 g/mol. The molecule has 2 rings (SSSR count). The third-order valence-corrected chi connectivity index (χ3v) is 7.02. The molecule has 1 aliphatic heterocycles. The molecule has 0 spiro atoms. The third-order valence-electron chi connectivity index (χ3n) is 7.02. The van der Waals surface area contributed by atoms with Crippen molar-refractivity contribution in [2.24, 2.45) is 17.8 Å². The van der Waals surface area contributed by atoms with E-state index in [-0.39, 0.29) is 5.60 Å². The van der Waals surface area contributed by atoms with Crippen molar-refractivity contribution in [1.82, 2.24) is 0 Å². The van der Waals surface area contributed by atoms with Crippen LogP contribution in [0.4, 0.5) is 0 Å². The number of benzene rings is 1. The van der Waals surface area contributed by atoms with E-state index in [2.05, 4.69) is 65.8 Å². The minimum absolute atomic E-state index is 0.0983. The van der Waals surface area contributed by atoms with Gasteiger partial charge in [0.2, 0.25) is 0 Å². The van der Waals surface area contributed by atoms with Gasteiger partial charge in [-0.25, -0.2) is 0 Å². The highest BCUT2D eigenvalue weighted by atomic mass is 16.5. The van der Waals surface area contributed by atoms with E-state index in [0.29, 0.717) is 17.6 Å². The fourth-order valence-corrected chi connectivity index (χ4v) is 4.57. The van der Waals surface area contributed by atoms with Crippen LogP contribution >= 0.6 is 0 Å². The summed E-state index contributed by atoms with van der Waals surface area (Å²) in [6, 6.07) is 0. The lowest BCUT2D eigenvalue weighted by atomic mass is 9.84. The molecule has 1 aromatic rings. The number of ether oxygens (including phenoxy) is 1. The molecule has 0 saturated heterocycles. The van der Waals surface area contributed by atoms with Gasteiger partial charge in [-0.05, 0) is 101 Å². The van der Waals surface area contributed by atoms with Crippen LogP contribution in [0.2, 0.25) is 0 Å². The Morgan fingerprint density at radius 3 is 2.26 bits per heavy atom. The Morgan fingerprint density at radius 2 is 1.61 bits per heavy atom. The lowest BCUT2D eigenvalue weighted by molar-refractivity contribution is 0.0513. The molecule has 0 unspecified atom stereocenters. The molecule has 1 heterocycles. The van der Waals surface area contributed by atoms with Gasteiger partial charge >= 0.3 is 0 Å². The van der Waals surface area contributed by atoms with Crippen molar-refractivity contribution in [2.75, 3.05) is 0 Å². The summed E-state index contributed by atoms with van der Waals surface area (Å²) in [5.41, 5.74) is 4.15. The number of aromatic hydroxyl groups is 1. The SMILES string of the molecule is Cc1c(C)c2c(c(C)c1O)CC[C@](C)(CCC[C@H](C)C/C=C/[C@H](C)/C=C/CC(C)C)O2. The maximum Gasteiger partial charge on any atom is 0.127 e. The summed E-state index contributed by atoms with van der Waals surface area (Å²) in [7, 11) is 0. The number of fused-ring (bicyclic) bond motifs is 1. The van der Waals surface area contributed by atoms with Gasteiger partial charge in [-0.2, -0.15) is 0 Å². The fraction of sp³-hybridized carbons (Fsp3) is 0.655. The van der Waals surface area contributed by atoms with E-state index in [1.54, 1.807) is 0 Å². The summed E-state index contributed by atoms with van der Waals surface area (Å²) in [5.74, 6) is 3.42. The van der Waals surface area contributed by atoms with Gasteiger partial charge in [0.1, 0.15) is 17.1 Å². The van der Waals surface area contributed by atoms with Crippen LogP contribution in [0.15, 0.2) is 24.3 Å². The highest BCUT2D eigenvalue weighted by Crippen LogP contribution is 2.44. The van der Waals surface area contributed by atoms with Crippen LogP contribution < -0.4 is 4.74 Å². The standard InChI is InChI=1S/C29H46O2/c1-20(2)12-9-13-21(3)14-10-15-22(4)16-11-18-29(8)19-17-26-25(7)27(30)23(5)24(6)28(26)31-29/h9-10,13-14,20-22,30H,11-12,15-19H2,1-8H3/b13-9+,14-10+/t21-,22-,29+/m1/s1. The van der Waals surface area contributed by atoms with Gasteiger partial charge in [0.25, 0.3) is 0 Å². The van der Waals surface area contributed by atoms with Crippen molar-refractivity contribution in [1.29, 1.82) is 0 Å². The van der Waals surface area contributed by atoms with Gasteiger partial charge in [-0.1, -0.05) is 58.4 Å². The summed E-state index contributed by atoms with van der Waals surface area (Å²) in [5, 5.41) is 10.4. The van der Waals surface area contributed by atoms with E-state index in [1.807, 2.05) is 13.8 Å². The molecule has 31 heavy (non-hydrogen) atoms. The van der Waals surface area contributed by atoms with Gasteiger partial charge in [-0.15, -0.1) is 0 Å². The predicted octanol–water partition coefficient (Wildman–Crippen LogP) is 8.39. The molecule has 0 aliphatic carbocycles. The van der Waals surface area contributed by atoms with Gasteiger partial charge in [0.05, 0.1) is 0 Å². The third kappa shape index (κ3) is 7.16. The predicted molar refractivity (Wildman–Crippen MR) is 134 cm³/mol. The molecule has 174 valence electrons. The molecule has 2 heteroatoms. The van der Waals surface area contributed by atoms with Gasteiger partial charge < -0.3 is 9.84 Å². The van der Waals surface area contributed by atoms with E-state index in [9.17, 15) is 5.11 Å². The van der Waals surface area contributed by atoms with Crippen molar-refractivity contribution >= 4 is 0 Å². The second kappa shape index (κ2) is 11.2. The smallest absolute Gasteiger partial charge is 0.127 e. The first-order valence-electron chi connectivity index (χ1n) is 12.4. The number of phenolic OH excluding ortho intramolecular Hbond substituents is 1. The Hall–Kier alpha value is -1.70. The first-order chi connectivity index (χ1) is 14.5. The molecular formula is C29H46O2. The molecular weight excluding hydrogens is 380 g/mol. The van der Waals surface area contributed by atoms with Crippen molar-refractivity contribution in [2.45, 2.75) is 106 Å². The summed E-state index contributed by atoms with van der Waals surface area (Å²) in [4.78, 5) is 0. The molecule has 2 nitrogen and oxygen atoms in total. The van der Waals surface area contributed by atoms with E-state index < -0.39 is 0 Å². The number of rotatable bonds is 10. The average molecular weight is 427 g/mol. The largest absolute Gasteiger partial charge is 0.507 e. The quantitative estimate of drug-likeness (QED) is 0.381. The van der Waals surface area contributed by atoms with Crippen molar-refractivity contribution in [3.8, 4) is 11.5 Å². The first kappa shape index (κ1) is 25.6. The van der Waals surface area contributed by atoms with E-state index in [1.165, 1.54) is 24.8 Å². The van der Waals surface area contributed by atoms with Crippen LogP contribution in [0.1, 0.15) is 95.4 Å². The molecule has 0 fully saturated rings. The van der Waals surface area contributed by atoms with Crippen molar-refractivity contribution < 1.29 is 9.84 Å². The fourth-order valence-electron chi connectivity index (χ4n) is 4.57. The summed E-state index contributed by atoms with van der Waals surface area (Å²) in [6.45, 7) is 17.5. The van der Waals surface area contributed by atoms with E-state index in [4.69, 9.17) is 4.74 Å². The topological polar surface area (TPSA) is 29.5 Å². The van der Waals surface area contributed by atoms with Crippen molar-refractivity contribution in [3.05, 3.63) is 46.6 Å². The summed E-state index contributed by atoms with van der Waals surface area (Å²) >= 11 is 0. The van der Waals surface area contributed by atoms with Crippen LogP contribution in [-0.4, -0.2) is 10.7 Å². The Labute approximate surface area is 191 Å². The van der Waals surface area contributed by atoms with Gasteiger partial charge in [0.15, 0.2) is 0 Å². The van der Waals surface area contributed by atoms with Gasteiger partial charge in [0, 0.05) is 5.56 Å². The Balaban J connectivity index is 1.82. The first-order valence-corrected chi connectivity index (χ1v) is 12.4. The Kier molecular flexibility index (Phi) is 9.28. The van der Waals surface area contributed by atoms with Crippen LogP contribution in [-0.2, 0) is 6.42 Å². The molecule has 0 saturated carbocycles. The Bertz CT molecular complexity index is 787. The van der Waals surface area contributed by atoms with Crippen LogP contribution in [0.3, 0.4) is 0 Å². The maximum absolute atomic E-state index is 10.4. The number of phenols is 1. The van der Waals surface area contributed by atoms with Crippen molar-refractivity contribution in [3.63, 3.8) is 0 Å². The minimum atomic E-state index is -0.0983. The maximum atomic E-state index is 10.4.